The molecule has 1 N–H and O–H groups in total. The molecule has 9 rings (SSSR count). The molecule has 1 saturated carbocycles. The molecule has 70 heavy (non-hydrogen) atoms. The molecular weight excluding hydrogens is 974 g/mol. The molecule has 0 radical (unpaired) electrons. The quantitative estimate of drug-likeness (QED) is 0.103. The van der Waals surface area contributed by atoms with E-state index in [9.17, 15) is 19.6 Å². The van der Waals surface area contributed by atoms with Crippen LogP contribution in [0.4, 0.5) is 5.13 Å². The molecule has 3 aliphatic rings. The SMILES string of the molecule is COC(=O)[C@H](Cc1ccc(-c2ccc(C#N)cc2)cc1)NC(=O)[C@@H]1Cc2cc3c(cc2CN1S(=O)(=O)c1sc(N(C(C)=O)C2CCC2)nc1C)OC(c1ccc(OCc2ccc(Cl)c(Cl)c2)cc1)CO3. The Kier molecular flexibility index (Phi) is 14.2. The number of methoxy groups -OCH3 is 1. The van der Waals surface area contributed by atoms with E-state index in [1.807, 2.05) is 66.7 Å². The number of carbonyl (C=O) groups excluding carboxylic acids is 3. The molecule has 360 valence electrons. The molecule has 6 aromatic rings. The first-order valence-electron chi connectivity index (χ1n) is 22.6. The van der Waals surface area contributed by atoms with E-state index in [1.54, 1.807) is 48.2 Å². The number of esters is 1. The smallest absolute Gasteiger partial charge is 0.328 e. The maximum Gasteiger partial charge on any atom is 0.328 e. The second-order valence-electron chi connectivity index (χ2n) is 17.4. The maximum atomic E-state index is 15.1. The lowest BCUT2D eigenvalue weighted by atomic mass is 9.92. The molecule has 1 fully saturated rings. The van der Waals surface area contributed by atoms with Crippen LogP contribution in [0.3, 0.4) is 0 Å². The summed E-state index contributed by atoms with van der Waals surface area (Å²) in [5.41, 5.74) is 6.19. The van der Waals surface area contributed by atoms with Crippen LogP contribution in [0.1, 0.15) is 71.4 Å². The number of amides is 2. The average Bonchev–Trinajstić information content (AvgIpc) is 3.75. The number of benzene rings is 5. The maximum absolute atomic E-state index is 15.1. The fourth-order valence-corrected chi connectivity index (χ4v) is 12.4. The fraction of sp³-hybridized carbons (Fsp3) is 0.288. The second-order valence-corrected chi connectivity index (χ2v) is 21.3. The Morgan fingerprint density at radius 3 is 2.26 bits per heavy atom. The van der Waals surface area contributed by atoms with Gasteiger partial charge in [-0.05, 0) is 120 Å². The van der Waals surface area contributed by atoms with E-state index in [4.69, 9.17) is 42.1 Å². The highest BCUT2D eigenvalue weighted by Crippen LogP contribution is 2.43. The third-order valence-corrected chi connectivity index (χ3v) is 17.1. The van der Waals surface area contributed by atoms with Gasteiger partial charge in [0.15, 0.2) is 26.9 Å². The summed E-state index contributed by atoms with van der Waals surface area (Å²) in [6.45, 7) is 3.26. The number of hydrogen-bond acceptors (Lipinski definition) is 12. The van der Waals surface area contributed by atoms with Crippen molar-refractivity contribution in [3.8, 4) is 34.4 Å². The lowest BCUT2D eigenvalue weighted by Gasteiger charge is -2.36. The average molecular weight is 1020 g/mol. The molecule has 1 unspecified atom stereocenters. The number of nitriles is 1. The lowest BCUT2D eigenvalue weighted by Crippen LogP contribution is -2.56. The number of anilines is 1. The van der Waals surface area contributed by atoms with Crippen molar-refractivity contribution in [1.29, 1.82) is 5.26 Å². The first-order valence-corrected chi connectivity index (χ1v) is 25.6. The van der Waals surface area contributed by atoms with E-state index in [0.717, 1.165) is 57.2 Å². The van der Waals surface area contributed by atoms with Crippen LogP contribution >= 0.6 is 34.5 Å². The number of nitrogens with zero attached hydrogens (tertiary/aromatic N) is 4. The molecule has 1 aromatic heterocycles. The fourth-order valence-electron chi connectivity index (χ4n) is 8.76. The monoisotopic (exact) mass is 1020 g/mol. The summed E-state index contributed by atoms with van der Waals surface area (Å²) in [7, 11) is -3.26. The van der Waals surface area contributed by atoms with Gasteiger partial charge in [-0.25, -0.2) is 18.2 Å². The van der Waals surface area contributed by atoms with Gasteiger partial charge in [0.2, 0.25) is 11.8 Å². The number of carbonyl (C=O) groups is 3. The van der Waals surface area contributed by atoms with E-state index in [0.29, 0.717) is 49.5 Å². The van der Waals surface area contributed by atoms with Crippen LogP contribution < -0.4 is 24.4 Å². The van der Waals surface area contributed by atoms with Gasteiger partial charge < -0.3 is 24.3 Å². The van der Waals surface area contributed by atoms with E-state index in [-0.39, 0.29) is 59.6 Å². The number of nitrogens with one attached hydrogen (secondary N) is 1. The standard InChI is InChI=1S/C52H47Cl2N5O9S2/c1-30-51(69-52(56-30)59(31(2)60)40-5-4-6-40)70(63,64)58-27-39-25-47-46(67-29-48(68-47)37-16-18-41(19-17-37)66-28-34-11-20-42(53)43(54)21-34)24-38(39)23-45(58)49(61)57-44(50(62)65-3)22-32-7-12-35(13-8-32)36-14-9-33(26-55)10-15-36/h7-21,24-25,40,44-45,48H,4-6,22-23,27-29H2,1-3H3,(H,57,61)/t44-,45-,48?/m0/s1. The number of aryl methyl sites for hydroxylation is 1. The summed E-state index contributed by atoms with van der Waals surface area (Å²) < 4.78 is 55.1. The van der Waals surface area contributed by atoms with E-state index < -0.39 is 40.1 Å². The molecule has 0 saturated heterocycles. The van der Waals surface area contributed by atoms with Crippen molar-refractivity contribution in [3.63, 3.8) is 0 Å². The zero-order valence-corrected chi connectivity index (χ0v) is 41.5. The summed E-state index contributed by atoms with van der Waals surface area (Å²) in [6, 6.07) is 30.4. The van der Waals surface area contributed by atoms with Crippen LogP contribution in [0.25, 0.3) is 11.1 Å². The summed E-state index contributed by atoms with van der Waals surface area (Å²) in [6.07, 6.45) is 2.00. The molecule has 3 heterocycles. The van der Waals surface area contributed by atoms with Crippen molar-refractivity contribution in [3.05, 3.63) is 152 Å². The molecule has 3 atom stereocenters. The summed E-state index contributed by atoms with van der Waals surface area (Å²) in [5, 5.41) is 13.2. The summed E-state index contributed by atoms with van der Waals surface area (Å²) in [5.74, 6) is -0.182. The van der Waals surface area contributed by atoms with Crippen LogP contribution in [0, 0.1) is 18.3 Å². The van der Waals surface area contributed by atoms with Gasteiger partial charge in [-0.15, -0.1) is 0 Å². The second kappa shape index (κ2) is 20.5. The van der Waals surface area contributed by atoms with Gasteiger partial charge >= 0.3 is 5.97 Å². The highest BCUT2D eigenvalue weighted by molar-refractivity contribution is 7.91. The van der Waals surface area contributed by atoms with Crippen molar-refractivity contribution in [2.75, 3.05) is 18.6 Å². The molecule has 1 aliphatic carbocycles. The molecule has 0 bridgehead atoms. The van der Waals surface area contributed by atoms with Crippen molar-refractivity contribution in [1.82, 2.24) is 14.6 Å². The van der Waals surface area contributed by atoms with E-state index in [2.05, 4.69) is 16.4 Å². The number of sulfonamides is 1. The summed E-state index contributed by atoms with van der Waals surface area (Å²) >= 11 is 13.1. The van der Waals surface area contributed by atoms with E-state index >= 15 is 8.42 Å². The number of hydrogen-bond donors (Lipinski definition) is 1. The van der Waals surface area contributed by atoms with Crippen LogP contribution in [-0.4, -0.2) is 67.3 Å². The summed E-state index contributed by atoms with van der Waals surface area (Å²) in [4.78, 5) is 47.1. The Labute approximate surface area is 419 Å². The molecule has 14 nitrogen and oxygen atoms in total. The van der Waals surface area contributed by atoms with Gasteiger partial charge in [0, 0.05) is 25.9 Å². The minimum absolute atomic E-state index is 0.0514. The highest BCUT2D eigenvalue weighted by atomic mass is 35.5. The van der Waals surface area contributed by atoms with Crippen LogP contribution in [-0.2, 0) is 55.1 Å². The Hall–Kier alpha value is -6.48. The van der Waals surface area contributed by atoms with Crippen LogP contribution in [0.5, 0.6) is 17.2 Å². The van der Waals surface area contributed by atoms with Gasteiger partial charge in [-0.1, -0.05) is 89.1 Å². The first kappa shape index (κ1) is 48.5. The Bertz CT molecular complexity index is 3120. The van der Waals surface area contributed by atoms with Crippen molar-refractivity contribution in [2.24, 2.45) is 0 Å². The predicted octanol–water partition coefficient (Wildman–Crippen LogP) is 9.31. The zero-order valence-electron chi connectivity index (χ0n) is 38.3. The molecule has 2 amide bonds. The number of thiazole rings is 1. The third kappa shape index (κ3) is 10.2. The molecule has 18 heteroatoms. The molecule has 2 aliphatic heterocycles. The van der Waals surface area contributed by atoms with Gasteiger partial charge in [0.25, 0.3) is 10.0 Å². The van der Waals surface area contributed by atoms with Gasteiger partial charge in [-0.3, -0.25) is 14.5 Å². The lowest BCUT2D eigenvalue weighted by molar-refractivity contribution is -0.145. The van der Waals surface area contributed by atoms with E-state index in [1.165, 1.54) is 14.0 Å². The van der Waals surface area contributed by atoms with Crippen LogP contribution in [0.2, 0.25) is 10.0 Å². The number of fused-ring (bicyclic) bond motifs is 2. The topological polar surface area (TPSA) is 177 Å². The molecule has 5 aromatic carbocycles. The zero-order chi connectivity index (χ0) is 49.3. The van der Waals surface area contributed by atoms with Gasteiger partial charge in [0.1, 0.15) is 31.0 Å². The Balaban J connectivity index is 0.980. The molecular formula is C52H47Cl2N5O9S2. The normalized spacial score (nSPS) is 17.0. The number of rotatable bonds is 14. The largest absolute Gasteiger partial charge is 0.489 e. The highest BCUT2D eigenvalue weighted by Gasteiger charge is 2.44. The Morgan fingerprint density at radius 1 is 0.929 bits per heavy atom. The third-order valence-electron chi connectivity index (χ3n) is 12.8. The van der Waals surface area contributed by atoms with Crippen molar-refractivity contribution < 1.29 is 41.7 Å². The minimum atomic E-state index is -4.48. The molecule has 0 spiro atoms. The number of halogens is 2. The van der Waals surface area contributed by atoms with Gasteiger partial charge in [-0.2, -0.15) is 9.57 Å². The van der Waals surface area contributed by atoms with Crippen LogP contribution in [0.15, 0.2) is 107 Å². The first-order chi connectivity index (χ1) is 33.7. The predicted molar refractivity (Wildman–Crippen MR) is 265 cm³/mol. The van der Waals surface area contributed by atoms with Gasteiger partial charge in [0.05, 0.1) is 34.5 Å². The Morgan fingerprint density at radius 2 is 1.61 bits per heavy atom. The number of ether oxygens (including phenoxy) is 4. The minimum Gasteiger partial charge on any atom is -0.489 e. The number of aromatic nitrogens is 1. The van der Waals surface area contributed by atoms with Crippen molar-refractivity contribution >= 4 is 67.5 Å². The van der Waals surface area contributed by atoms with Crippen molar-refractivity contribution in [2.45, 2.75) is 87.5 Å².